The van der Waals surface area contributed by atoms with Gasteiger partial charge in [0.15, 0.2) is 5.69 Å². The number of nitrogens with two attached hydrogens (primary N) is 1. The fourth-order valence-corrected chi connectivity index (χ4v) is 1.80. The standard InChI is InChI=1S/C13H18N6O2/c1-18(10-3-5-11(21-2)6-4-10)7-8-19-9-12(16-17-19)13(20)15-14/h3-6,9H,7-8,14H2,1-2H3,(H,15,20). The molecule has 0 aliphatic rings. The number of carbonyl (C=O) groups excluding carboxylic acids is 1. The minimum atomic E-state index is -0.454. The molecule has 0 fully saturated rings. The first-order chi connectivity index (χ1) is 10.1. The lowest BCUT2D eigenvalue weighted by molar-refractivity contribution is 0.0948. The Morgan fingerprint density at radius 1 is 1.43 bits per heavy atom. The van der Waals surface area contributed by atoms with Crippen molar-refractivity contribution in [3.8, 4) is 5.75 Å². The van der Waals surface area contributed by atoms with Crippen LogP contribution >= 0.6 is 0 Å². The van der Waals surface area contributed by atoms with Crippen LogP contribution < -0.4 is 20.9 Å². The van der Waals surface area contributed by atoms with E-state index in [9.17, 15) is 4.79 Å². The van der Waals surface area contributed by atoms with Crippen molar-refractivity contribution in [1.82, 2.24) is 20.4 Å². The van der Waals surface area contributed by atoms with E-state index in [1.807, 2.05) is 36.7 Å². The number of amides is 1. The monoisotopic (exact) mass is 290 g/mol. The van der Waals surface area contributed by atoms with Gasteiger partial charge in [0.05, 0.1) is 19.9 Å². The topological polar surface area (TPSA) is 98.3 Å². The highest BCUT2D eigenvalue weighted by Gasteiger charge is 2.09. The Balaban J connectivity index is 1.92. The van der Waals surface area contributed by atoms with Crippen LogP contribution in [0.25, 0.3) is 0 Å². The fourth-order valence-electron chi connectivity index (χ4n) is 1.80. The Hall–Kier alpha value is -2.61. The number of hydrogen-bond donors (Lipinski definition) is 2. The molecule has 0 aliphatic carbocycles. The van der Waals surface area contributed by atoms with Gasteiger partial charge in [0.1, 0.15) is 5.75 Å². The van der Waals surface area contributed by atoms with Crippen molar-refractivity contribution in [3.63, 3.8) is 0 Å². The molecule has 21 heavy (non-hydrogen) atoms. The van der Waals surface area contributed by atoms with Crippen LogP contribution in [0.15, 0.2) is 30.5 Å². The van der Waals surface area contributed by atoms with Crippen LogP contribution in [0, 0.1) is 0 Å². The third-order valence-corrected chi connectivity index (χ3v) is 3.08. The predicted octanol–water partition coefficient (Wildman–Crippen LogP) is 0.0266. The molecule has 0 radical (unpaired) electrons. The van der Waals surface area contributed by atoms with Gasteiger partial charge in [-0.1, -0.05) is 5.21 Å². The van der Waals surface area contributed by atoms with E-state index in [1.165, 1.54) is 0 Å². The summed E-state index contributed by atoms with van der Waals surface area (Å²) in [5, 5.41) is 7.63. The van der Waals surface area contributed by atoms with E-state index in [0.717, 1.165) is 18.0 Å². The highest BCUT2D eigenvalue weighted by molar-refractivity contribution is 5.91. The first kappa shape index (κ1) is 14.8. The minimum absolute atomic E-state index is 0.199. The summed E-state index contributed by atoms with van der Waals surface area (Å²) in [4.78, 5) is 13.3. The van der Waals surface area contributed by atoms with E-state index in [-0.39, 0.29) is 5.69 Å². The smallest absolute Gasteiger partial charge is 0.287 e. The summed E-state index contributed by atoms with van der Waals surface area (Å²) in [6, 6.07) is 7.77. The molecule has 8 heteroatoms. The van der Waals surface area contributed by atoms with E-state index < -0.39 is 5.91 Å². The summed E-state index contributed by atoms with van der Waals surface area (Å²) in [5.41, 5.74) is 3.28. The summed E-state index contributed by atoms with van der Waals surface area (Å²) in [6.45, 7) is 1.33. The summed E-state index contributed by atoms with van der Waals surface area (Å²) >= 11 is 0. The third kappa shape index (κ3) is 3.69. The Morgan fingerprint density at radius 3 is 2.76 bits per heavy atom. The van der Waals surface area contributed by atoms with Crippen LogP contribution in [0.4, 0.5) is 5.69 Å². The van der Waals surface area contributed by atoms with Gasteiger partial charge in [0.25, 0.3) is 5.91 Å². The van der Waals surface area contributed by atoms with Crippen LogP contribution in [0.3, 0.4) is 0 Å². The van der Waals surface area contributed by atoms with Crippen molar-refractivity contribution in [3.05, 3.63) is 36.2 Å². The zero-order valence-corrected chi connectivity index (χ0v) is 12.0. The zero-order chi connectivity index (χ0) is 15.2. The minimum Gasteiger partial charge on any atom is -0.497 e. The maximum absolute atomic E-state index is 11.3. The van der Waals surface area contributed by atoms with E-state index >= 15 is 0 Å². The molecule has 0 unspecified atom stereocenters. The largest absolute Gasteiger partial charge is 0.497 e. The number of hydrazine groups is 1. The predicted molar refractivity (Wildman–Crippen MR) is 77.9 cm³/mol. The lowest BCUT2D eigenvalue weighted by atomic mass is 10.3. The van der Waals surface area contributed by atoms with Crippen LogP contribution in [0.1, 0.15) is 10.5 Å². The molecule has 1 aromatic heterocycles. The van der Waals surface area contributed by atoms with E-state index in [4.69, 9.17) is 10.6 Å². The zero-order valence-electron chi connectivity index (χ0n) is 12.0. The van der Waals surface area contributed by atoms with Crippen LogP contribution in [0.2, 0.25) is 0 Å². The molecule has 0 saturated carbocycles. The Morgan fingerprint density at radius 2 is 2.14 bits per heavy atom. The van der Waals surface area contributed by atoms with Crippen LogP contribution in [-0.2, 0) is 6.54 Å². The van der Waals surface area contributed by atoms with Crippen molar-refractivity contribution in [2.45, 2.75) is 6.54 Å². The summed E-state index contributed by atoms with van der Waals surface area (Å²) < 4.78 is 6.73. The first-order valence-corrected chi connectivity index (χ1v) is 6.40. The number of nitrogens with zero attached hydrogens (tertiary/aromatic N) is 4. The number of likely N-dealkylation sites (N-methyl/N-ethyl adjacent to an activating group) is 1. The molecule has 2 aromatic rings. The summed E-state index contributed by atoms with van der Waals surface area (Å²) in [6.07, 6.45) is 1.56. The van der Waals surface area contributed by atoms with Crippen molar-refractivity contribution >= 4 is 11.6 Å². The molecule has 0 bridgehead atoms. The molecule has 8 nitrogen and oxygen atoms in total. The van der Waals surface area contributed by atoms with Crippen LogP contribution in [-0.4, -0.2) is 41.6 Å². The average Bonchev–Trinajstić information content (AvgIpc) is 3.01. The number of nitrogens with one attached hydrogen (secondary N) is 1. The second-order valence-corrected chi connectivity index (χ2v) is 4.46. The number of ether oxygens (including phenoxy) is 1. The molecule has 0 atom stereocenters. The number of aromatic nitrogens is 3. The van der Waals surface area contributed by atoms with Crippen LogP contribution in [0.5, 0.6) is 5.75 Å². The molecule has 0 aliphatic heterocycles. The SMILES string of the molecule is COc1ccc(N(C)CCn2cc(C(=O)NN)nn2)cc1. The lowest BCUT2D eigenvalue weighted by Crippen LogP contribution is -2.30. The summed E-state index contributed by atoms with van der Waals surface area (Å²) in [7, 11) is 3.62. The molecule has 1 aromatic carbocycles. The maximum atomic E-state index is 11.3. The number of methoxy groups -OCH3 is 1. The maximum Gasteiger partial charge on any atom is 0.287 e. The van der Waals surface area contributed by atoms with E-state index in [2.05, 4.69) is 15.2 Å². The Bertz CT molecular complexity index is 595. The van der Waals surface area contributed by atoms with Gasteiger partial charge in [-0.3, -0.25) is 10.2 Å². The van der Waals surface area contributed by atoms with Crippen molar-refractivity contribution in [2.75, 3.05) is 25.6 Å². The molecular weight excluding hydrogens is 272 g/mol. The number of nitrogen functional groups attached to an aromatic ring is 1. The number of anilines is 1. The van der Waals surface area contributed by atoms with Gasteiger partial charge in [-0.15, -0.1) is 5.10 Å². The Kier molecular flexibility index (Phi) is 4.72. The van der Waals surface area contributed by atoms with E-state index in [1.54, 1.807) is 18.0 Å². The summed E-state index contributed by atoms with van der Waals surface area (Å²) in [5.74, 6) is 5.41. The number of hydrogen-bond acceptors (Lipinski definition) is 6. The molecule has 1 amide bonds. The van der Waals surface area contributed by atoms with Gasteiger partial charge >= 0.3 is 0 Å². The quantitative estimate of drug-likeness (QED) is 0.442. The average molecular weight is 290 g/mol. The van der Waals surface area contributed by atoms with Gasteiger partial charge in [0, 0.05) is 19.3 Å². The molecular formula is C13H18N6O2. The molecule has 0 saturated heterocycles. The molecule has 2 rings (SSSR count). The molecule has 112 valence electrons. The first-order valence-electron chi connectivity index (χ1n) is 6.40. The lowest BCUT2D eigenvalue weighted by Gasteiger charge is -2.19. The van der Waals surface area contributed by atoms with Crippen molar-refractivity contribution in [2.24, 2.45) is 5.84 Å². The number of carbonyl (C=O) groups is 1. The van der Waals surface area contributed by atoms with Gasteiger partial charge in [-0.25, -0.2) is 10.5 Å². The van der Waals surface area contributed by atoms with Gasteiger partial charge in [-0.05, 0) is 24.3 Å². The van der Waals surface area contributed by atoms with Gasteiger partial charge < -0.3 is 9.64 Å². The van der Waals surface area contributed by atoms with Crippen molar-refractivity contribution < 1.29 is 9.53 Å². The van der Waals surface area contributed by atoms with Gasteiger partial charge in [0.2, 0.25) is 0 Å². The van der Waals surface area contributed by atoms with Gasteiger partial charge in [-0.2, -0.15) is 0 Å². The second-order valence-electron chi connectivity index (χ2n) is 4.46. The second kappa shape index (κ2) is 6.71. The normalized spacial score (nSPS) is 10.2. The Labute approximate surface area is 122 Å². The molecule has 0 spiro atoms. The number of benzene rings is 1. The highest BCUT2D eigenvalue weighted by atomic mass is 16.5. The van der Waals surface area contributed by atoms with E-state index in [0.29, 0.717) is 6.54 Å². The molecule has 3 N–H and O–H groups in total. The highest BCUT2D eigenvalue weighted by Crippen LogP contribution is 2.17. The van der Waals surface area contributed by atoms with Crippen molar-refractivity contribution in [1.29, 1.82) is 0 Å². The molecule has 1 heterocycles. The fraction of sp³-hybridized carbons (Fsp3) is 0.308. The third-order valence-electron chi connectivity index (χ3n) is 3.08. The number of rotatable bonds is 6.